The Bertz CT molecular complexity index is 983. The van der Waals surface area contributed by atoms with Crippen molar-refractivity contribution >= 4 is 28.6 Å². The number of benzene rings is 1. The fraction of sp³-hybridized carbons (Fsp3) is 0.389. The Labute approximate surface area is 163 Å². The first-order chi connectivity index (χ1) is 13.6. The van der Waals surface area contributed by atoms with Gasteiger partial charge in [-0.25, -0.2) is 28.1 Å². The maximum absolute atomic E-state index is 13.7. The molecule has 0 saturated carbocycles. The molecule has 1 fully saturated rings. The molecule has 1 saturated heterocycles. The molecule has 148 valence electrons. The van der Waals surface area contributed by atoms with Crippen molar-refractivity contribution in [2.45, 2.75) is 17.6 Å². The van der Waals surface area contributed by atoms with Gasteiger partial charge in [-0.2, -0.15) is 0 Å². The van der Waals surface area contributed by atoms with Crippen LogP contribution < -0.4 is 4.90 Å². The molecular weight excluding hydrogens is 391 g/mol. The van der Waals surface area contributed by atoms with Crippen LogP contribution in [-0.4, -0.2) is 58.2 Å². The second-order valence-corrected chi connectivity index (χ2v) is 7.02. The van der Waals surface area contributed by atoms with E-state index in [1.54, 1.807) is 41.5 Å². The molecule has 28 heavy (non-hydrogen) atoms. The van der Waals surface area contributed by atoms with Crippen LogP contribution in [0.4, 0.5) is 19.0 Å². The number of alkyl halides is 3. The number of anilines is 1. The van der Waals surface area contributed by atoms with Crippen LogP contribution in [0.1, 0.15) is 12.2 Å². The van der Waals surface area contributed by atoms with Crippen LogP contribution in [0, 0.1) is 0 Å². The van der Waals surface area contributed by atoms with Gasteiger partial charge in [0.05, 0.1) is 30.3 Å². The van der Waals surface area contributed by atoms with Crippen LogP contribution in [0.3, 0.4) is 0 Å². The van der Waals surface area contributed by atoms with E-state index in [0.717, 1.165) is 0 Å². The molecule has 0 bridgehead atoms. The fourth-order valence-corrected chi connectivity index (χ4v) is 3.64. The predicted octanol–water partition coefficient (Wildman–Crippen LogP) is 3.65. The first kappa shape index (κ1) is 19.0. The van der Waals surface area contributed by atoms with Gasteiger partial charge < -0.3 is 9.64 Å². The summed E-state index contributed by atoms with van der Waals surface area (Å²) in [5.74, 6) is 0.377. The lowest BCUT2D eigenvalue weighted by Gasteiger charge is -2.35. The van der Waals surface area contributed by atoms with Crippen molar-refractivity contribution in [2.24, 2.45) is 0 Å². The molecule has 1 aliphatic rings. The maximum Gasteiger partial charge on any atom is 0.296 e. The molecule has 4 rings (SSSR count). The van der Waals surface area contributed by atoms with Gasteiger partial charge in [0.2, 0.25) is 0 Å². The minimum atomic E-state index is -2.77. The highest BCUT2D eigenvalue weighted by Crippen LogP contribution is 2.30. The first-order valence-corrected chi connectivity index (χ1v) is 9.94. The summed E-state index contributed by atoms with van der Waals surface area (Å²) in [4.78, 5) is 14.8. The Morgan fingerprint density at radius 3 is 2.75 bits per heavy atom. The van der Waals surface area contributed by atoms with Gasteiger partial charge in [0.25, 0.3) is 6.43 Å². The first-order valence-electron chi connectivity index (χ1n) is 8.71. The van der Waals surface area contributed by atoms with Gasteiger partial charge in [-0.3, -0.25) is 4.57 Å². The average Bonchev–Trinajstić information content (AvgIpc) is 3.13. The van der Waals surface area contributed by atoms with Crippen molar-refractivity contribution in [1.82, 2.24) is 19.5 Å². The van der Waals surface area contributed by atoms with Crippen LogP contribution in [0.5, 0.6) is 0 Å². The zero-order valence-electron chi connectivity index (χ0n) is 15.1. The Balaban J connectivity index is 1.89. The Kier molecular flexibility index (Phi) is 5.40. The molecule has 1 atom stereocenters. The van der Waals surface area contributed by atoms with Crippen LogP contribution in [0.2, 0.25) is 0 Å². The summed E-state index contributed by atoms with van der Waals surface area (Å²) in [6, 6.07) is 8.03. The van der Waals surface area contributed by atoms with Crippen molar-refractivity contribution in [3.05, 3.63) is 36.2 Å². The number of para-hydroxylation sites is 2. The van der Waals surface area contributed by atoms with Gasteiger partial charge in [0.1, 0.15) is 18.3 Å². The quantitative estimate of drug-likeness (QED) is 0.474. The Morgan fingerprint density at radius 1 is 1.21 bits per heavy atom. The molecule has 0 spiro atoms. The summed E-state index contributed by atoms with van der Waals surface area (Å²) in [5.41, 5.74) is 0.982. The highest BCUT2D eigenvalue weighted by molar-refractivity contribution is 7.98. The number of hydrogen-bond acceptors (Lipinski definition) is 6. The lowest BCUT2D eigenvalue weighted by Crippen LogP contribution is -2.47. The fourth-order valence-electron chi connectivity index (χ4n) is 3.27. The van der Waals surface area contributed by atoms with Crippen LogP contribution in [0.15, 0.2) is 35.5 Å². The van der Waals surface area contributed by atoms with E-state index in [-0.39, 0.29) is 18.2 Å². The van der Waals surface area contributed by atoms with Crippen LogP contribution in [0.25, 0.3) is 16.9 Å². The van der Waals surface area contributed by atoms with E-state index in [0.29, 0.717) is 35.2 Å². The van der Waals surface area contributed by atoms with Crippen molar-refractivity contribution in [3.63, 3.8) is 0 Å². The van der Waals surface area contributed by atoms with Crippen LogP contribution in [-0.2, 0) is 4.74 Å². The predicted molar refractivity (Wildman–Crippen MR) is 101 cm³/mol. The van der Waals surface area contributed by atoms with Gasteiger partial charge in [-0.15, -0.1) is 0 Å². The molecule has 3 aromatic rings. The monoisotopic (exact) mass is 409 g/mol. The smallest absolute Gasteiger partial charge is 0.296 e. The molecule has 10 heteroatoms. The molecule has 0 aliphatic carbocycles. The van der Waals surface area contributed by atoms with Crippen LogP contribution >= 0.6 is 11.8 Å². The van der Waals surface area contributed by atoms with Gasteiger partial charge >= 0.3 is 0 Å². The average molecular weight is 409 g/mol. The number of thioether (sulfide) groups is 1. The molecule has 0 unspecified atom stereocenters. The molecule has 6 nitrogen and oxygen atoms in total. The number of aromatic nitrogens is 4. The van der Waals surface area contributed by atoms with E-state index in [9.17, 15) is 13.2 Å². The van der Waals surface area contributed by atoms with Crippen molar-refractivity contribution in [1.29, 1.82) is 0 Å². The van der Waals surface area contributed by atoms with E-state index in [1.807, 2.05) is 0 Å². The zero-order chi connectivity index (χ0) is 19.7. The third-order valence-electron chi connectivity index (χ3n) is 4.57. The second kappa shape index (κ2) is 7.96. The summed E-state index contributed by atoms with van der Waals surface area (Å²) in [6.45, 7) is 0.566. The van der Waals surface area contributed by atoms with Gasteiger partial charge in [-0.1, -0.05) is 23.9 Å². The molecule has 0 N–H and O–H groups in total. The lowest BCUT2D eigenvalue weighted by molar-refractivity contribution is 0.0855. The minimum absolute atomic E-state index is 0.251. The third kappa shape index (κ3) is 3.42. The summed E-state index contributed by atoms with van der Waals surface area (Å²) in [5, 5.41) is 0.412. The minimum Gasteiger partial charge on any atom is -0.377 e. The van der Waals surface area contributed by atoms with Crippen molar-refractivity contribution in [3.8, 4) is 5.82 Å². The van der Waals surface area contributed by atoms with Gasteiger partial charge in [-0.05, 0) is 18.4 Å². The topological polar surface area (TPSA) is 56.1 Å². The molecule has 0 radical (unpaired) electrons. The zero-order valence-corrected chi connectivity index (χ0v) is 15.9. The molecule has 1 aliphatic heterocycles. The molecule has 3 heterocycles. The Hall–Kier alpha value is -2.33. The summed E-state index contributed by atoms with van der Waals surface area (Å²) < 4.78 is 47.5. The number of rotatable bonds is 5. The van der Waals surface area contributed by atoms with E-state index in [1.165, 1.54) is 16.3 Å². The van der Waals surface area contributed by atoms with E-state index < -0.39 is 19.1 Å². The van der Waals surface area contributed by atoms with Crippen molar-refractivity contribution < 1.29 is 17.9 Å². The molecule has 2 aromatic heterocycles. The molecule has 1 aromatic carbocycles. The molecule has 0 amide bonds. The SMILES string of the molecule is CSc1nc(N2CCOC[C@@H]2CF)cc(-n2c(C(F)F)nc3ccccc32)n1. The number of morpholine rings is 1. The summed E-state index contributed by atoms with van der Waals surface area (Å²) in [6.07, 6.45) is -0.972. The number of nitrogens with zero attached hydrogens (tertiary/aromatic N) is 5. The standard InChI is InChI=1S/C18H18F3N5OS/c1-28-18-23-14(25-6-7-27-10-11(25)9-19)8-15(24-18)26-13-5-3-2-4-12(13)22-17(26)16(20)21/h2-5,8,11,16H,6-7,9-10H2,1H3/t11-/m0/s1. The highest BCUT2D eigenvalue weighted by atomic mass is 32.2. The summed E-state index contributed by atoms with van der Waals surface area (Å²) >= 11 is 1.29. The normalized spacial score (nSPS) is 17.6. The van der Waals surface area contributed by atoms with E-state index in [4.69, 9.17) is 4.74 Å². The number of hydrogen-bond donors (Lipinski definition) is 0. The molecular formula is C18H18F3N5OS. The largest absolute Gasteiger partial charge is 0.377 e. The van der Waals surface area contributed by atoms with Crippen molar-refractivity contribution in [2.75, 3.05) is 37.6 Å². The number of ether oxygens (including phenoxy) is 1. The second-order valence-electron chi connectivity index (χ2n) is 6.24. The third-order valence-corrected chi connectivity index (χ3v) is 5.12. The maximum atomic E-state index is 13.7. The van der Waals surface area contributed by atoms with Gasteiger partial charge in [0, 0.05) is 12.6 Å². The van der Waals surface area contributed by atoms with Gasteiger partial charge in [0.15, 0.2) is 11.0 Å². The lowest BCUT2D eigenvalue weighted by atomic mass is 10.2. The number of fused-ring (bicyclic) bond motifs is 1. The Morgan fingerprint density at radius 2 is 2.00 bits per heavy atom. The highest BCUT2D eigenvalue weighted by Gasteiger charge is 2.27. The number of imidazole rings is 1. The number of halogens is 3. The van der Waals surface area contributed by atoms with E-state index >= 15 is 0 Å². The summed E-state index contributed by atoms with van der Waals surface area (Å²) in [7, 11) is 0. The van der Waals surface area contributed by atoms with E-state index in [2.05, 4.69) is 15.0 Å².